The molecule has 2 heterocycles. The third-order valence-corrected chi connectivity index (χ3v) is 6.01. The standard InChI is InChI=1S/C17H18N2O6S/c1-18(2)26(23,24)15-8-7-14(25-15)16(20)19-10-12-6-4-3-5-11(12)9-13(19)17(21)22/h3-8,13H,9-10H2,1-2H3,(H,21,22). The highest BCUT2D eigenvalue weighted by atomic mass is 32.2. The van der Waals surface area contributed by atoms with Crippen molar-refractivity contribution in [3.8, 4) is 0 Å². The van der Waals surface area contributed by atoms with Crippen molar-refractivity contribution in [2.24, 2.45) is 0 Å². The summed E-state index contributed by atoms with van der Waals surface area (Å²) in [5, 5.41) is 9.14. The van der Waals surface area contributed by atoms with Gasteiger partial charge in [0, 0.05) is 27.1 Å². The van der Waals surface area contributed by atoms with Crippen molar-refractivity contribution in [1.29, 1.82) is 0 Å². The molecule has 0 bridgehead atoms. The van der Waals surface area contributed by atoms with Crippen molar-refractivity contribution in [2.75, 3.05) is 14.1 Å². The number of amides is 1. The Morgan fingerprint density at radius 1 is 1.15 bits per heavy atom. The quantitative estimate of drug-likeness (QED) is 0.856. The Kier molecular flexibility index (Phi) is 4.59. The largest absolute Gasteiger partial charge is 0.480 e. The molecule has 0 saturated heterocycles. The van der Waals surface area contributed by atoms with E-state index in [0.717, 1.165) is 15.4 Å². The van der Waals surface area contributed by atoms with Crippen LogP contribution in [0.1, 0.15) is 21.7 Å². The summed E-state index contributed by atoms with van der Waals surface area (Å²) in [6.45, 7) is 0.114. The van der Waals surface area contributed by atoms with Crippen molar-refractivity contribution in [2.45, 2.75) is 24.1 Å². The fourth-order valence-corrected chi connectivity index (χ4v) is 3.65. The summed E-state index contributed by atoms with van der Waals surface area (Å²) in [6, 6.07) is 8.70. The Morgan fingerprint density at radius 3 is 2.42 bits per heavy atom. The fourth-order valence-electron chi connectivity index (χ4n) is 2.85. The molecule has 26 heavy (non-hydrogen) atoms. The Hall–Kier alpha value is -2.65. The highest BCUT2D eigenvalue weighted by Crippen LogP contribution is 2.26. The minimum atomic E-state index is -3.82. The maximum atomic E-state index is 12.8. The van der Waals surface area contributed by atoms with Crippen LogP contribution in [0.3, 0.4) is 0 Å². The van der Waals surface area contributed by atoms with E-state index in [1.807, 2.05) is 24.3 Å². The fraction of sp³-hybridized carbons (Fsp3) is 0.294. The molecule has 1 aromatic carbocycles. The summed E-state index contributed by atoms with van der Waals surface area (Å²) >= 11 is 0. The first-order valence-electron chi connectivity index (χ1n) is 7.84. The predicted molar refractivity (Wildman–Crippen MR) is 91.0 cm³/mol. The highest BCUT2D eigenvalue weighted by molar-refractivity contribution is 7.88. The first kappa shape index (κ1) is 18.2. The predicted octanol–water partition coefficient (Wildman–Crippen LogP) is 1.18. The van der Waals surface area contributed by atoms with Gasteiger partial charge in [-0.2, -0.15) is 0 Å². The summed E-state index contributed by atoms with van der Waals surface area (Å²) in [5.41, 5.74) is 1.73. The lowest BCUT2D eigenvalue weighted by Gasteiger charge is -2.33. The van der Waals surface area contributed by atoms with Gasteiger partial charge in [-0.15, -0.1) is 0 Å². The van der Waals surface area contributed by atoms with E-state index in [1.54, 1.807) is 0 Å². The zero-order chi connectivity index (χ0) is 19.1. The van der Waals surface area contributed by atoms with Crippen LogP contribution in [0.5, 0.6) is 0 Å². The van der Waals surface area contributed by atoms with E-state index in [0.29, 0.717) is 0 Å². The van der Waals surface area contributed by atoms with E-state index in [2.05, 4.69) is 0 Å². The van der Waals surface area contributed by atoms with Crippen molar-refractivity contribution < 1.29 is 27.5 Å². The van der Waals surface area contributed by atoms with Gasteiger partial charge >= 0.3 is 5.97 Å². The average Bonchev–Trinajstić information content (AvgIpc) is 3.10. The first-order chi connectivity index (χ1) is 12.2. The van der Waals surface area contributed by atoms with Gasteiger partial charge in [-0.3, -0.25) is 4.79 Å². The number of rotatable bonds is 4. The number of carbonyl (C=O) groups excluding carboxylic acids is 1. The number of carbonyl (C=O) groups is 2. The molecule has 2 aromatic rings. The Labute approximate surface area is 150 Å². The summed E-state index contributed by atoms with van der Waals surface area (Å²) in [7, 11) is -1.12. The monoisotopic (exact) mass is 378 g/mol. The SMILES string of the molecule is CN(C)S(=O)(=O)c1ccc(C(=O)N2Cc3ccccc3CC2C(=O)O)o1. The van der Waals surface area contributed by atoms with Crippen LogP contribution in [-0.4, -0.2) is 54.7 Å². The van der Waals surface area contributed by atoms with Gasteiger partial charge in [-0.05, 0) is 23.3 Å². The molecule has 0 spiro atoms. The third kappa shape index (κ3) is 3.11. The van der Waals surface area contributed by atoms with Crippen LogP contribution in [0.4, 0.5) is 0 Å². The number of hydrogen-bond acceptors (Lipinski definition) is 5. The van der Waals surface area contributed by atoms with Gasteiger partial charge in [0.2, 0.25) is 5.09 Å². The summed E-state index contributed by atoms with van der Waals surface area (Å²) in [5.74, 6) is -2.00. The number of fused-ring (bicyclic) bond motifs is 1. The second-order valence-corrected chi connectivity index (χ2v) is 8.25. The van der Waals surface area contributed by atoms with E-state index in [-0.39, 0.29) is 23.8 Å². The maximum Gasteiger partial charge on any atom is 0.326 e. The molecule has 8 nitrogen and oxygen atoms in total. The molecule has 1 aliphatic rings. The van der Waals surface area contributed by atoms with Gasteiger partial charge < -0.3 is 14.4 Å². The molecule has 1 aromatic heterocycles. The second kappa shape index (κ2) is 6.58. The molecular weight excluding hydrogens is 360 g/mol. The second-order valence-electron chi connectivity index (χ2n) is 6.17. The summed E-state index contributed by atoms with van der Waals surface area (Å²) in [4.78, 5) is 25.6. The van der Waals surface area contributed by atoms with Gasteiger partial charge in [0.25, 0.3) is 15.9 Å². The molecule has 9 heteroatoms. The zero-order valence-corrected chi connectivity index (χ0v) is 15.1. The van der Waals surface area contributed by atoms with Gasteiger partial charge in [0.1, 0.15) is 6.04 Å². The number of nitrogens with zero attached hydrogens (tertiary/aromatic N) is 2. The molecule has 0 radical (unpaired) electrons. The van der Waals surface area contributed by atoms with Crippen LogP contribution >= 0.6 is 0 Å². The van der Waals surface area contributed by atoms with E-state index in [1.165, 1.54) is 31.1 Å². The summed E-state index contributed by atoms with van der Waals surface area (Å²) in [6.07, 6.45) is 0.181. The van der Waals surface area contributed by atoms with E-state index < -0.39 is 27.9 Å². The maximum absolute atomic E-state index is 12.8. The zero-order valence-electron chi connectivity index (χ0n) is 14.2. The van der Waals surface area contributed by atoms with Gasteiger partial charge in [0.15, 0.2) is 5.76 Å². The molecule has 138 valence electrons. The summed E-state index contributed by atoms with van der Waals surface area (Å²) < 4.78 is 30.4. The van der Waals surface area contributed by atoms with Crippen molar-refractivity contribution in [3.63, 3.8) is 0 Å². The molecular formula is C17H18N2O6S. The third-order valence-electron chi connectivity index (χ3n) is 4.32. The highest BCUT2D eigenvalue weighted by Gasteiger charge is 2.36. The Balaban J connectivity index is 1.94. The molecule has 1 aliphatic heterocycles. The van der Waals surface area contributed by atoms with E-state index in [9.17, 15) is 23.1 Å². The molecule has 1 unspecified atom stereocenters. The van der Waals surface area contributed by atoms with E-state index >= 15 is 0 Å². The molecule has 1 N–H and O–H groups in total. The number of hydrogen-bond donors (Lipinski definition) is 1. The first-order valence-corrected chi connectivity index (χ1v) is 9.28. The van der Waals surface area contributed by atoms with Crippen LogP contribution in [0, 0.1) is 0 Å². The Bertz CT molecular complexity index is 963. The van der Waals surface area contributed by atoms with Crippen LogP contribution in [0.15, 0.2) is 45.9 Å². The lowest BCUT2D eigenvalue weighted by Crippen LogP contribution is -2.48. The van der Waals surface area contributed by atoms with Gasteiger partial charge in [-0.25, -0.2) is 17.5 Å². The van der Waals surface area contributed by atoms with Crippen LogP contribution in [-0.2, 0) is 27.8 Å². The number of aliphatic carboxylic acids is 1. The van der Waals surface area contributed by atoms with Crippen molar-refractivity contribution >= 4 is 21.9 Å². The molecule has 0 aliphatic carbocycles. The van der Waals surface area contributed by atoms with Crippen LogP contribution < -0.4 is 0 Å². The minimum absolute atomic E-state index is 0.114. The Morgan fingerprint density at radius 2 is 1.81 bits per heavy atom. The van der Waals surface area contributed by atoms with Crippen LogP contribution in [0.2, 0.25) is 0 Å². The number of benzene rings is 1. The number of furan rings is 1. The van der Waals surface area contributed by atoms with Gasteiger partial charge in [-0.1, -0.05) is 24.3 Å². The molecule has 1 amide bonds. The molecule has 0 saturated carbocycles. The minimum Gasteiger partial charge on any atom is -0.480 e. The average molecular weight is 378 g/mol. The molecule has 1 atom stereocenters. The molecule has 3 rings (SSSR count). The van der Waals surface area contributed by atoms with Crippen LogP contribution in [0.25, 0.3) is 0 Å². The number of sulfonamides is 1. The van der Waals surface area contributed by atoms with Crippen molar-refractivity contribution in [3.05, 3.63) is 53.3 Å². The lowest BCUT2D eigenvalue weighted by molar-refractivity contribution is -0.142. The normalized spacial score (nSPS) is 17.2. The number of carboxylic acids is 1. The molecule has 0 fully saturated rings. The topological polar surface area (TPSA) is 108 Å². The van der Waals surface area contributed by atoms with Gasteiger partial charge in [0.05, 0.1) is 0 Å². The number of carboxylic acid groups (broad SMARTS) is 1. The van der Waals surface area contributed by atoms with Crippen molar-refractivity contribution in [1.82, 2.24) is 9.21 Å². The smallest absolute Gasteiger partial charge is 0.326 e. The van der Waals surface area contributed by atoms with E-state index in [4.69, 9.17) is 4.42 Å². The lowest BCUT2D eigenvalue weighted by atomic mass is 9.94.